The maximum Gasteiger partial charge on any atom is 0.461 e. The van der Waals surface area contributed by atoms with Gasteiger partial charge in [-0.3, -0.25) is 0 Å². The average molecular weight is 482 g/mol. The Hall–Kier alpha value is -0.423. The van der Waals surface area contributed by atoms with E-state index < -0.39 is 8.56 Å². The minimum atomic E-state index is -2.78. The zero-order chi connectivity index (χ0) is 21.7. The molecule has 0 unspecified atom stereocenters. The van der Waals surface area contributed by atoms with Gasteiger partial charge in [0.1, 0.15) is 0 Å². The SMILES string of the molecule is CCCCC1CCC(C2CCC(OCCC[Si](N=C=S)(N=C=S)N=C=S)CC2)CC1. The van der Waals surface area contributed by atoms with E-state index in [-0.39, 0.29) is 0 Å². The molecule has 8 heteroatoms. The van der Waals surface area contributed by atoms with Crippen LogP contribution < -0.4 is 0 Å². The fourth-order valence-corrected chi connectivity index (χ4v) is 8.05. The molecule has 2 saturated carbocycles. The molecule has 0 amide bonds. The van der Waals surface area contributed by atoms with Crippen molar-refractivity contribution in [1.29, 1.82) is 0 Å². The fourth-order valence-electron chi connectivity index (χ4n) is 5.19. The Balaban J connectivity index is 1.67. The number of hydrogen-bond acceptors (Lipinski definition) is 7. The van der Waals surface area contributed by atoms with E-state index in [1.165, 1.54) is 70.6 Å². The third kappa shape index (κ3) is 8.61. The normalized spacial score (nSPS) is 28.3. The van der Waals surface area contributed by atoms with Gasteiger partial charge in [0.05, 0.1) is 21.6 Å². The van der Waals surface area contributed by atoms with Crippen LogP contribution in [0.25, 0.3) is 0 Å². The summed E-state index contributed by atoms with van der Waals surface area (Å²) >= 11 is 14.2. The molecule has 0 aromatic heterocycles. The zero-order valence-corrected chi connectivity index (χ0v) is 21.6. The standard InChI is InChI=1S/C22H35N3OS3Si/c1-2-3-5-19-6-8-20(9-7-19)21-10-12-22(13-11-21)26-14-4-15-30(23-16-27,24-17-28)25-18-29/h19-22H,2-15H2,1H3. The Morgan fingerprint density at radius 2 is 1.33 bits per heavy atom. The lowest BCUT2D eigenvalue weighted by molar-refractivity contribution is 0.00716. The van der Waals surface area contributed by atoms with Crippen LogP contribution in [0.3, 0.4) is 0 Å². The first-order chi connectivity index (χ1) is 14.7. The molecule has 2 fully saturated rings. The first-order valence-corrected chi connectivity index (χ1v) is 14.8. The van der Waals surface area contributed by atoms with E-state index >= 15 is 0 Å². The molecule has 166 valence electrons. The second-order valence-corrected chi connectivity index (χ2v) is 12.1. The maximum atomic E-state index is 6.17. The quantitative estimate of drug-likeness (QED) is 0.128. The summed E-state index contributed by atoms with van der Waals surface area (Å²) in [5.41, 5.74) is 0. The third-order valence-electron chi connectivity index (χ3n) is 6.93. The van der Waals surface area contributed by atoms with Crippen LogP contribution in [0.5, 0.6) is 0 Å². The van der Waals surface area contributed by atoms with Crippen LogP contribution in [0.1, 0.15) is 84.0 Å². The first-order valence-electron chi connectivity index (χ1n) is 11.5. The van der Waals surface area contributed by atoms with E-state index in [0.717, 1.165) is 24.2 Å². The number of isothiocyanates is 3. The van der Waals surface area contributed by atoms with Crippen LogP contribution >= 0.6 is 36.7 Å². The Bertz CT molecular complexity index is 611. The van der Waals surface area contributed by atoms with E-state index in [1.807, 2.05) is 0 Å². The highest BCUT2D eigenvalue weighted by atomic mass is 32.1. The monoisotopic (exact) mass is 481 g/mol. The van der Waals surface area contributed by atoms with Crippen LogP contribution in [-0.4, -0.2) is 36.8 Å². The summed E-state index contributed by atoms with van der Waals surface area (Å²) < 4.78 is 18.6. The number of unbranched alkanes of at least 4 members (excludes halogenated alkanes) is 1. The molecule has 0 bridgehead atoms. The molecule has 2 aliphatic rings. The minimum Gasteiger partial charge on any atom is -0.378 e. The molecular formula is C22H35N3OS3Si. The highest BCUT2D eigenvalue weighted by Gasteiger charge is 2.34. The van der Waals surface area contributed by atoms with Crippen molar-refractivity contribution in [3.63, 3.8) is 0 Å². The summed E-state index contributed by atoms with van der Waals surface area (Å²) in [6, 6.07) is 0.639. The van der Waals surface area contributed by atoms with Gasteiger partial charge in [-0.15, -0.1) is 0 Å². The highest BCUT2D eigenvalue weighted by molar-refractivity contribution is 7.78. The van der Waals surface area contributed by atoms with Gasteiger partial charge in [0.2, 0.25) is 0 Å². The molecule has 0 saturated heterocycles. The van der Waals surface area contributed by atoms with Crippen molar-refractivity contribution in [1.82, 2.24) is 0 Å². The molecule has 0 aliphatic heterocycles. The van der Waals surface area contributed by atoms with Crippen molar-refractivity contribution < 1.29 is 4.74 Å². The fraction of sp³-hybridized carbons (Fsp3) is 0.864. The topological polar surface area (TPSA) is 46.3 Å². The molecule has 0 radical (unpaired) electrons. The van der Waals surface area contributed by atoms with Crippen molar-refractivity contribution in [3.05, 3.63) is 0 Å². The maximum absolute atomic E-state index is 6.17. The number of thiocarbonyl (C=S) groups is 3. The second kappa shape index (κ2) is 14.6. The molecule has 0 aromatic rings. The van der Waals surface area contributed by atoms with Gasteiger partial charge >= 0.3 is 8.56 Å². The summed E-state index contributed by atoms with van der Waals surface area (Å²) in [7, 11) is -2.78. The number of hydrogen-bond donors (Lipinski definition) is 0. The summed E-state index contributed by atoms with van der Waals surface area (Å²) in [6.45, 7) is 2.98. The number of ether oxygens (including phenoxy) is 1. The Labute approximate surface area is 199 Å². The van der Waals surface area contributed by atoms with Crippen molar-refractivity contribution >= 4 is 60.7 Å². The first kappa shape index (κ1) is 25.8. The summed E-state index contributed by atoms with van der Waals surface area (Å²) in [5.74, 6) is 2.88. The molecule has 0 aromatic carbocycles. The summed E-state index contributed by atoms with van der Waals surface area (Å²) in [6.07, 6.45) is 16.3. The largest absolute Gasteiger partial charge is 0.461 e. The third-order valence-corrected chi connectivity index (χ3v) is 10.1. The molecule has 0 heterocycles. The molecule has 0 N–H and O–H groups in total. The van der Waals surface area contributed by atoms with E-state index in [9.17, 15) is 0 Å². The van der Waals surface area contributed by atoms with Crippen molar-refractivity contribution in [2.45, 2.75) is 96.1 Å². The molecule has 0 atom stereocenters. The molecule has 30 heavy (non-hydrogen) atoms. The highest BCUT2D eigenvalue weighted by Crippen LogP contribution is 2.41. The molecule has 2 aliphatic carbocycles. The van der Waals surface area contributed by atoms with Crippen LogP contribution in [0, 0.1) is 17.8 Å². The van der Waals surface area contributed by atoms with Crippen LogP contribution in [0.2, 0.25) is 6.04 Å². The van der Waals surface area contributed by atoms with Gasteiger partial charge in [-0.2, -0.15) is 0 Å². The zero-order valence-electron chi connectivity index (χ0n) is 18.2. The lowest BCUT2D eigenvalue weighted by atomic mass is 9.70. The molecule has 2 rings (SSSR count). The predicted molar refractivity (Wildman–Crippen MR) is 137 cm³/mol. The lowest BCUT2D eigenvalue weighted by Gasteiger charge is -2.38. The molecular weight excluding hydrogens is 447 g/mol. The molecule has 4 nitrogen and oxygen atoms in total. The van der Waals surface area contributed by atoms with Crippen LogP contribution in [0.15, 0.2) is 14.0 Å². The molecule has 0 spiro atoms. The van der Waals surface area contributed by atoms with Gasteiger partial charge in [0.25, 0.3) is 0 Å². The number of nitrogens with zero attached hydrogens (tertiary/aromatic N) is 3. The van der Waals surface area contributed by atoms with E-state index in [1.54, 1.807) is 0 Å². The van der Waals surface area contributed by atoms with Gasteiger partial charge in [0.15, 0.2) is 0 Å². The van der Waals surface area contributed by atoms with Gasteiger partial charge in [-0.1, -0.05) is 39.0 Å². The Morgan fingerprint density at radius 1 is 0.800 bits per heavy atom. The average Bonchev–Trinajstić information content (AvgIpc) is 2.77. The van der Waals surface area contributed by atoms with Crippen molar-refractivity contribution in [3.8, 4) is 0 Å². The van der Waals surface area contributed by atoms with E-state index in [0.29, 0.717) is 18.8 Å². The summed E-state index contributed by atoms with van der Waals surface area (Å²) in [4.78, 5) is 0. The van der Waals surface area contributed by atoms with Crippen LogP contribution in [0.4, 0.5) is 0 Å². The van der Waals surface area contributed by atoms with Gasteiger partial charge in [-0.25, -0.2) is 14.0 Å². The Kier molecular flexibility index (Phi) is 12.6. The van der Waals surface area contributed by atoms with Gasteiger partial charge < -0.3 is 4.74 Å². The van der Waals surface area contributed by atoms with Crippen molar-refractivity contribution in [2.24, 2.45) is 31.7 Å². The number of rotatable bonds is 12. The minimum absolute atomic E-state index is 0.384. The van der Waals surface area contributed by atoms with Gasteiger partial charge in [0, 0.05) is 12.7 Å². The second-order valence-electron chi connectivity index (χ2n) is 8.82. The lowest BCUT2D eigenvalue weighted by Crippen LogP contribution is -2.30. The smallest absolute Gasteiger partial charge is 0.378 e. The predicted octanol–water partition coefficient (Wildman–Crippen LogP) is 7.20. The van der Waals surface area contributed by atoms with E-state index in [2.05, 4.69) is 36.4 Å². The van der Waals surface area contributed by atoms with Gasteiger partial charge in [-0.05, 0) is 99.4 Å². The van der Waals surface area contributed by atoms with Crippen molar-refractivity contribution in [2.75, 3.05) is 6.61 Å². The summed E-state index contributed by atoms with van der Waals surface area (Å²) in [5, 5.41) is 7.16. The Morgan fingerprint density at radius 3 is 1.83 bits per heavy atom. The van der Waals surface area contributed by atoms with E-state index in [4.69, 9.17) is 41.4 Å². The van der Waals surface area contributed by atoms with Crippen LogP contribution in [-0.2, 0) is 4.74 Å².